The Hall–Kier alpha value is -2.37. The number of hydrogen-bond acceptors (Lipinski definition) is 4. The van der Waals surface area contributed by atoms with Gasteiger partial charge in [0.15, 0.2) is 12.4 Å². The third-order valence-electron chi connectivity index (χ3n) is 4.54. The van der Waals surface area contributed by atoms with Gasteiger partial charge in [-0.15, -0.1) is 0 Å². The normalized spacial score (nSPS) is 16.8. The topological polar surface area (TPSA) is 66.9 Å². The van der Waals surface area contributed by atoms with Crippen LogP contribution < -0.4 is 9.64 Å². The van der Waals surface area contributed by atoms with E-state index in [2.05, 4.69) is 0 Å². The second-order valence-corrected chi connectivity index (χ2v) is 6.26. The lowest BCUT2D eigenvalue weighted by Crippen LogP contribution is -2.40. The van der Waals surface area contributed by atoms with E-state index in [9.17, 15) is 14.4 Å². The number of ketones is 1. The van der Waals surface area contributed by atoms with Gasteiger partial charge in [-0.1, -0.05) is 0 Å². The average Bonchev–Trinajstić information content (AvgIpc) is 3.10. The van der Waals surface area contributed by atoms with Gasteiger partial charge in [0.1, 0.15) is 5.75 Å². The molecule has 2 aliphatic rings. The number of amides is 2. The fourth-order valence-electron chi connectivity index (χ4n) is 3.18. The molecule has 0 aromatic heterocycles. The van der Waals surface area contributed by atoms with Gasteiger partial charge in [0.2, 0.25) is 5.91 Å². The van der Waals surface area contributed by atoms with Gasteiger partial charge in [-0.2, -0.15) is 0 Å². The molecule has 24 heavy (non-hydrogen) atoms. The first-order valence-corrected chi connectivity index (χ1v) is 8.42. The molecular formula is C18H22N2O4. The lowest BCUT2D eigenvalue weighted by Gasteiger charge is -2.30. The van der Waals surface area contributed by atoms with Crippen molar-refractivity contribution in [1.29, 1.82) is 0 Å². The molecule has 0 spiro atoms. The number of anilines is 1. The number of hydrogen-bond donors (Lipinski definition) is 0. The van der Waals surface area contributed by atoms with Crippen molar-refractivity contribution in [3.63, 3.8) is 0 Å². The Morgan fingerprint density at radius 3 is 2.67 bits per heavy atom. The van der Waals surface area contributed by atoms with Crippen molar-refractivity contribution in [2.45, 2.75) is 32.6 Å². The van der Waals surface area contributed by atoms with Gasteiger partial charge < -0.3 is 14.5 Å². The Bertz CT molecular complexity index is 665. The van der Waals surface area contributed by atoms with Gasteiger partial charge in [-0.3, -0.25) is 14.4 Å². The molecule has 128 valence electrons. The van der Waals surface area contributed by atoms with E-state index >= 15 is 0 Å². The van der Waals surface area contributed by atoms with Crippen molar-refractivity contribution in [2.75, 3.05) is 31.1 Å². The molecule has 0 atom stereocenters. The number of carbonyl (C=O) groups is 3. The monoisotopic (exact) mass is 330 g/mol. The number of nitrogens with zero attached hydrogens (tertiary/aromatic N) is 2. The zero-order valence-corrected chi connectivity index (χ0v) is 13.9. The minimum absolute atomic E-state index is 0.00745. The third-order valence-corrected chi connectivity index (χ3v) is 4.54. The molecule has 6 nitrogen and oxygen atoms in total. The molecule has 1 aromatic rings. The van der Waals surface area contributed by atoms with Crippen LogP contribution in [0.3, 0.4) is 0 Å². The first-order valence-electron chi connectivity index (χ1n) is 8.42. The predicted octanol–water partition coefficient (Wildman–Crippen LogP) is 2.02. The molecule has 3 rings (SSSR count). The van der Waals surface area contributed by atoms with Crippen LogP contribution in [0.25, 0.3) is 0 Å². The molecule has 0 unspecified atom stereocenters. The molecule has 0 radical (unpaired) electrons. The number of rotatable bonds is 5. The number of carbonyl (C=O) groups excluding carboxylic acids is 3. The zero-order valence-electron chi connectivity index (χ0n) is 13.9. The summed E-state index contributed by atoms with van der Waals surface area (Å²) in [5.41, 5.74) is 1.16. The van der Waals surface area contributed by atoms with Crippen LogP contribution in [-0.4, -0.2) is 48.7 Å². The van der Waals surface area contributed by atoms with Crippen LogP contribution in [0.5, 0.6) is 5.75 Å². The smallest absolute Gasteiger partial charge is 0.265 e. The lowest BCUT2D eigenvalue weighted by molar-refractivity contribution is -0.130. The van der Waals surface area contributed by atoms with E-state index in [4.69, 9.17) is 4.74 Å². The predicted molar refractivity (Wildman–Crippen MR) is 89.3 cm³/mol. The number of Topliss-reactive ketones (excluding diaryl/α,β-unsaturated/α-hetero) is 1. The van der Waals surface area contributed by atoms with Gasteiger partial charge in [-0.05, 0) is 44.4 Å². The van der Waals surface area contributed by atoms with E-state index in [-0.39, 0.29) is 24.2 Å². The van der Waals surface area contributed by atoms with Gasteiger partial charge in [-0.25, -0.2) is 0 Å². The molecule has 1 aromatic carbocycles. The van der Waals surface area contributed by atoms with Crippen LogP contribution in [0.4, 0.5) is 5.69 Å². The fourth-order valence-corrected chi connectivity index (χ4v) is 3.18. The Morgan fingerprint density at radius 1 is 1.21 bits per heavy atom. The second kappa shape index (κ2) is 7.03. The molecule has 2 heterocycles. The van der Waals surface area contributed by atoms with Crippen molar-refractivity contribution >= 4 is 23.3 Å². The summed E-state index contributed by atoms with van der Waals surface area (Å²) >= 11 is 0. The maximum absolute atomic E-state index is 12.2. The lowest BCUT2D eigenvalue weighted by atomic mass is 10.1. The minimum Gasteiger partial charge on any atom is -0.482 e. The molecule has 0 aliphatic carbocycles. The zero-order chi connectivity index (χ0) is 17.1. The Balaban J connectivity index is 1.66. The first-order chi connectivity index (χ1) is 11.6. The maximum atomic E-state index is 12.2. The number of ether oxygens (including phenoxy) is 1. The molecule has 2 amide bonds. The molecule has 0 saturated carbocycles. The van der Waals surface area contributed by atoms with Gasteiger partial charge in [0.25, 0.3) is 5.91 Å². The Kier molecular flexibility index (Phi) is 4.83. The van der Waals surface area contributed by atoms with E-state index in [0.29, 0.717) is 36.4 Å². The highest BCUT2D eigenvalue weighted by Crippen LogP contribution is 2.33. The third kappa shape index (κ3) is 3.42. The molecule has 1 saturated heterocycles. The van der Waals surface area contributed by atoms with E-state index < -0.39 is 0 Å². The highest BCUT2D eigenvalue weighted by Gasteiger charge is 2.26. The summed E-state index contributed by atoms with van der Waals surface area (Å²) in [5, 5.41) is 0. The number of likely N-dealkylation sites (tertiary alicyclic amines) is 1. The summed E-state index contributed by atoms with van der Waals surface area (Å²) in [6, 6.07) is 5.12. The summed E-state index contributed by atoms with van der Waals surface area (Å²) in [5.74, 6) is 0.563. The van der Waals surface area contributed by atoms with E-state index in [1.165, 1.54) is 6.92 Å². The molecular weight excluding hydrogens is 308 g/mol. The summed E-state index contributed by atoms with van der Waals surface area (Å²) in [6.45, 7) is 3.63. The van der Waals surface area contributed by atoms with Crippen molar-refractivity contribution in [1.82, 2.24) is 4.90 Å². The highest BCUT2D eigenvalue weighted by atomic mass is 16.5. The highest BCUT2D eigenvalue weighted by molar-refractivity contribution is 6.01. The van der Waals surface area contributed by atoms with Crippen LogP contribution in [0.1, 0.15) is 43.0 Å². The molecule has 6 heteroatoms. The van der Waals surface area contributed by atoms with E-state index in [1.54, 1.807) is 23.1 Å². The molecule has 2 aliphatic heterocycles. The van der Waals surface area contributed by atoms with Crippen molar-refractivity contribution in [3.05, 3.63) is 23.8 Å². The van der Waals surface area contributed by atoms with Crippen LogP contribution >= 0.6 is 0 Å². The Morgan fingerprint density at radius 2 is 1.96 bits per heavy atom. The maximum Gasteiger partial charge on any atom is 0.265 e. The summed E-state index contributed by atoms with van der Waals surface area (Å²) in [4.78, 5) is 39.4. The van der Waals surface area contributed by atoms with E-state index in [1.807, 2.05) is 4.90 Å². The fraction of sp³-hybridized carbons (Fsp3) is 0.500. The van der Waals surface area contributed by atoms with Crippen molar-refractivity contribution < 1.29 is 19.1 Å². The largest absolute Gasteiger partial charge is 0.482 e. The van der Waals surface area contributed by atoms with E-state index in [0.717, 1.165) is 25.9 Å². The number of fused-ring (bicyclic) bond motifs is 1. The van der Waals surface area contributed by atoms with Crippen LogP contribution in [0.2, 0.25) is 0 Å². The minimum atomic E-state index is -0.142. The van der Waals surface area contributed by atoms with Crippen LogP contribution in [0, 0.1) is 0 Å². The standard InChI is InChI=1S/C18H22N2O4/c1-13(21)14-6-7-16-15(11-14)20(18(23)12-24-16)10-4-5-17(22)19-8-2-3-9-19/h6-7,11H,2-5,8-10,12H2,1H3. The Labute approximate surface area is 141 Å². The summed E-state index contributed by atoms with van der Waals surface area (Å²) < 4.78 is 5.43. The SMILES string of the molecule is CC(=O)c1ccc2c(c1)N(CCCC(=O)N1CCCC1)C(=O)CO2. The van der Waals surface area contributed by atoms with Crippen molar-refractivity contribution in [3.8, 4) is 5.75 Å². The van der Waals surface area contributed by atoms with Crippen molar-refractivity contribution in [2.24, 2.45) is 0 Å². The molecule has 0 N–H and O–H groups in total. The average molecular weight is 330 g/mol. The van der Waals surface area contributed by atoms with Gasteiger partial charge in [0.05, 0.1) is 5.69 Å². The van der Waals surface area contributed by atoms with Gasteiger partial charge >= 0.3 is 0 Å². The van der Waals surface area contributed by atoms with Crippen LogP contribution in [-0.2, 0) is 9.59 Å². The summed E-state index contributed by atoms with van der Waals surface area (Å²) in [6.07, 6.45) is 3.20. The van der Waals surface area contributed by atoms with Gasteiger partial charge in [0, 0.05) is 31.6 Å². The molecule has 0 bridgehead atoms. The van der Waals surface area contributed by atoms with Crippen LogP contribution in [0.15, 0.2) is 18.2 Å². The molecule has 1 fully saturated rings. The first kappa shape index (κ1) is 16.5. The number of benzene rings is 1. The second-order valence-electron chi connectivity index (χ2n) is 6.26. The summed E-state index contributed by atoms with van der Waals surface area (Å²) in [7, 11) is 0. The quantitative estimate of drug-likeness (QED) is 0.775.